The lowest BCUT2D eigenvalue weighted by Crippen LogP contribution is -2.24. The first-order valence-corrected chi connectivity index (χ1v) is 6.44. The van der Waals surface area contributed by atoms with Crippen molar-refractivity contribution in [2.45, 2.75) is 11.7 Å². The van der Waals surface area contributed by atoms with E-state index in [1.54, 1.807) is 0 Å². The zero-order valence-corrected chi connectivity index (χ0v) is 11.0. The molecule has 0 aromatic carbocycles. The molecule has 0 radical (unpaired) electrons. The number of rotatable bonds is 4. The molecular formula is C2H13N2O3PSi2. The van der Waals surface area contributed by atoms with Crippen molar-refractivity contribution in [2.24, 2.45) is 11.5 Å². The predicted octanol–water partition coefficient (Wildman–Crippen LogP) is -3.38. The van der Waals surface area contributed by atoms with Crippen molar-refractivity contribution in [3.8, 4) is 0 Å². The minimum Gasteiger partial charge on any atom is -0.310 e. The molecule has 5 nitrogen and oxygen atoms in total. The Morgan fingerprint density at radius 2 is 1.50 bits per heavy atom. The molecule has 2 atom stereocenters. The van der Waals surface area contributed by atoms with Gasteiger partial charge >= 0.3 is 8.25 Å². The van der Waals surface area contributed by atoms with Gasteiger partial charge in [-0.1, -0.05) is 0 Å². The van der Waals surface area contributed by atoms with Crippen molar-refractivity contribution >= 4 is 28.7 Å². The summed E-state index contributed by atoms with van der Waals surface area (Å²) in [4.78, 5) is 0. The maximum atomic E-state index is 10.7. The quantitative estimate of drug-likeness (QED) is 0.281. The monoisotopic (exact) mass is 200 g/mol. The molecule has 0 heterocycles. The van der Waals surface area contributed by atoms with Crippen LogP contribution in [0.1, 0.15) is 0 Å². The van der Waals surface area contributed by atoms with Gasteiger partial charge in [-0.2, -0.15) is 0 Å². The van der Waals surface area contributed by atoms with E-state index in [0.717, 1.165) is 0 Å². The Hall–Kier alpha value is 0.504. The molecule has 62 valence electrons. The molecule has 0 aromatic heterocycles. The van der Waals surface area contributed by atoms with Crippen molar-refractivity contribution in [1.82, 2.24) is 0 Å². The Morgan fingerprint density at radius 3 is 1.70 bits per heavy atom. The van der Waals surface area contributed by atoms with Gasteiger partial charge in [-0.05, 0) is 0 Å². The van der Waals surface area contributed by atoms with Gasteiger partial charge in [-0.3, -0.25) is 13.6 Å². The topological polar surface area (TPSA) is 87.6 Å². The molecule has 0 spiro atoms. The van der Waals surface area contributed by atoms with Gasteiger partial charge in [0.25, 0.3) is 0 Å². The number of hydrogen-bond acceptors (Lipinski definition) is 5. The second kappa shape index (κ2) is 5.19. The fraction of sp³-hybridized carbons (Fsp3) is 1.00. The summed E-state index contributed by atoms with van der Waals surface area (Å²) in [6.07, 6.45) is 0. The SMILES string of the molecule is NC([SiH3])O[PH](=O)OC(N)[SiH3]. The van der Waals surface area contributed by atoms with E-state index in [1.807, 2.05) is 0 Å². The van der Waals surface area contributed by atoms with Crippen LogP contribution in [0, 0.1) is 0 Å². The van der Waals surface area contributed by atoms with Crippen LogP contribution in [-0.4, -0.2) is 32.2 Å². The molecule has 0 rings (SSSR count). The van der Waals surface area contributed by atoms with Gasteiger partial charge in [-0.15, -0.1) is 0 Å². The number of hydrogen-bond donors (Lipinski definition) is 2. The van der Waals surface area contributed by atoms with Crippen molar-refractivity contribution in [2.75, 3.05) is 0 Å². The van der Waals surface area contributed by atoms with E-state index < -0.39 is 20.0 Å². The van der Waals surface area contributed by atoms with E-state index in [1.165, 1.54) is 0 Å². The van der Waals surface area contributed by atoms with E-state index in [0.29, 0.717) is 20.5 Å². The molecule has 0 saturated heterocycles. The summed E-state index contributed by atoms with van der Waals surface area (Å²) in [6, 6.07) is 0. The van der Waals surface area contributed by atoms with Crippen LogP contribution in [0.3, 0.4) is 0 Å². The highest BCUT2D eigenvalue weighted by Crippen LogP contribution is 2.24. The highest BCUT2D eigenvalue weighted by atomic mass is 31.1. The molecule has 8 heteroatoms. The normalized spacial score (nSPS) is 20.6. The summed E-state index contributed by atoms with van der Waals surface area (Å²) in [5, 5.41) is 0. The third-order valence-electron chi connectivity index (χ3n) is 0.564. The lowest BCUT2D eigenvalue weighted by atomic mass is 11.4. The Balaban J connectivity index is 3.44. The predicted molar refractivity (Wildman–Crippen MR) is 47.0 cm³/mol. The second-order valence-electron chi connectivity index (χ2n) is 1.90. The molecule has 0 bridgehead atoms. The molecule has 0 aliphatic heterocycles. The molecule has 0 saturated carbocycles. The van der Waals surface area contributed by atoms with Crippen LogP contribution in [0.15, 0.2) is 0 Å². The maximum absolute atomic E-state index is 10.7. The second-order valence-corrected chi connectivity index (χ2v) is 5.14. The van der Waals surface area contributed by atoms with Gasteiger partial charge in [0.2, 0.25) is 0 Å². The standard InChI is InChI=1S/C2H13N2O3PSi2/c3-1(9)6-8(5)7-2(4)10/h1-2,8H,3-4H2,9-10H3. The van der Waals surface area contributed by atoms with Crippen molar-refractivity contribution in [3.05, 3.63) is 0 Å². The highest BCUT2D eigenvalue weighted by Gasteiger charge is 2.04. The average molecular weight is 200 g/mol. The molecular weight excluding hydrogens is 187 g/mol. The Morgan fingerprint density at radius 1 is 1.20 bits per heavy atom. The van der Waals surface area contributed by atoms with Crippen molar-refractivity contribution in [3.63, 3.8) is 0 Å². The van der Waals surface area contributed by atoms with Crippen LogP contribution < -0.4 is 11.5 Å². The first kappa shape index (κ1) is 10.5. The fourth-order valence-electron chi connectivity index (χ4n) is 0.331. The summed E-state index contributed by atoms with van der Waals surface area (Å²) >= 11 is 0. The van der Waals surface area contributed by atoms with Gasteiger partial charge in [0, 0.05) is 0 Å². The van der Waals surface area contributed by atoms with Crippen LogP contribution in [-0.2, 0) is 13.6 Å². The molecule has 10 heavy (non-hydrogen) atoms. The summed E-state index contributed by atoms with van der Waals surface area (Å²) in [7, 11) is -1.14. The van der Waals surface area contributed by atoms with Crippen LogP contribution in [0.25, 0.3) is 0 Å². The zero-order valence-electron chi connectivity index (χ0n) is 6.03. The summed E-state index contributed by atoms with van der Waals surface area (Å²) in [5.41, 5.74) is 10.4. The van der Waals surface area contributed by atoms with Crippen LogP contribution in [0.4, 0.5) is 0 Å². The summed E-state index contributed by atoms with van der Waals surface area (Å²) < 4.78 is 20.0. The van der Waals surface area contributed by atoms with E-state index in [9.17, 15) is 4.57 Å². The molecule has 0 aliphatic rings. The average Bonchev–Trinajstić information content (AvgIpc) is 1.58. The van der Waals surface area contributed by atoms with Crippen LogP contribution in [0.2, 0.25) is 0 Å². The molecule has 0 amide bonds. The lowest BCUT2D eigenvalue weighted by Gasteiger charge is -2.09. The summed E-state index contributed by atoms with van der Waals surface area (Å²) in [5.74, 6) is -0.849. The highest BCUT2D eigenvalue weighted by molar-refractivity contribution is 7.33. The van der Waals surface area contributed by atoms with E-state index in [-0.39, 0.29) is 0 Å². The molecule has 4 N–H and O–H groups in total. The molecule has 0 fully saturated rings. The third kappa shape index (κ3) is 6.62. The van der Waals surface area contributed by atoms with E-state index in [2.05, 4.69) is 9.05 Å². The number of nitrogens with two attached hydrogens (primary N) is 2. The summed E-state index contributed by atoms with van der Waals surface area (Å²) in [6.45, 7) is 0. The third-order valence-corrected chi connectivity index (χ3v) is 3.11. The zero-order chi connectivity index (χ0) is 8.15. The first-order chi connectivity index (χ1) is 4.52. The molecule has 2 unspecified atom stereocenters. The van der Waals surface area contributed by atoms with Crippen LogP contribution >= 0.6 is 8.25 Å². The van der Waals surface area contributed by atoms with Gasteiger partial charge in [-0.25, -0.2) is 0 Å². The minimum atomic E-state index is -2.42. The Bertz CT molecular complexity index is 109. The first-order valence-electron chi connectivity index (χ1n) is 2.91. The fourth-order valence-corrected chi connectivity index (χ4v) is 2.15. The largest absolute Gasteiger partial charge is 0.321 e. The van der Waals surface area contributed by atoms with Gasteiger partial charge in [0.1, 0.15) is 0 Å². The van der Waals surface area contributed by atoms with Crippen molar-refractivity contribution in [1.29, 1.82) is 0 Å². The Labute approximate surface area is 66.2 Å². The van der Waals surface area contributed by atoms with Crippen molar-refractivity contribution < 1.29 is 13.6 Å². The Kier molecular flexibility index (Phi) is 5.45. The minimum absolute atomic E-state index is 0.424. The maximum Gasteiger partial charge on any atom is 0.321 e. The molecule has 0 aromatic rings. The van der Waals surface area contributed by atoms with E-state index in [4.69, 9.17) is 11.5 Å². The van der Waals surface area contributed by atoms with Gasteiger partial charge in [0.15, 0.2) is 0 Å². The van der Waals surface area contributed by atoms with Crippen LogP contribution in [0.5, 0.6) is 0 Å². The van der Waals surface area contributed by atoms with Gasteiger partial charge < -0.3 is 11.5 Å². The van der Waals surface area contributed by atoms with E-state index >= 15 is 0 Å². The molecule has 0 aliphatic carbocycles. The lowest BCUT2D eigenvalue weighted by molar-refractivity contribution is 0.200. The smallest absolute Gasteiger partial charge is 0.310 e. The van der Waals surface area contributed by atoms with Gasteiger partial charge in [0.05, 0.1) is 32.2 Å².